The topological polar surface area (TPSA) is 65.4 Å². The van der Waals surface area contributed by atoms with Crippen molar-refractivity contribution in [1.29, 1.82) is 5.26 Å². The number of H-pyrrole nitrogens is 1. The molecule has 1 aromatic rings. The zero-order valence-electron chi connectivity index (χ0n) is 7.83. The zero-order valence-corrected chi connectivity index (χ0v) is 7.83. The molecule has 1 aliphatic rings. The SMILES string of the molecule is CC1(C)CC1c1n[nH]c(CC#N)n1. The van der Waals surface area contributed by atoms with E-state index in [0.717, 1.165) is 12.2 Å². The molecule has 0 saturated heterocycles. The first-order chi connectivity index (χ1) is 6.13. The van der Waals surface area contributed by atoms with Crippen LogP contribution in [0.5, 0.6) is 0 Å². The van der Waals surface area contributed by atoms with E-state index in [9.17, 15) is 0 Å². The Morgan fingerprint density at radius 1 is 1.69 bits per heavy atom. The summed E-state index contributed by atoms with van der Waals surface area (Å²) in [4.78, 5) is 4.27. The van der Waals surface area contributed by atoms with E-state index in [-0.39, 0.29) is 0 Å². The highest BCUT2D eigenvalue weighted by atomic mass is 15.2. The van der Waals surface area contributed by atoms with Gasteiger partial charge in [0.1, 0.15) is 5.82 Å². The minimum absolute atomic E-state index is 0.320. The quantitative estimate of drug-likeness (QED) is 0.740. The molecular formula is C9H12N4. The summed E-state index contributed by atoms with van der Waals surface area (Å²) < 4.78 is 0. The second-order valence-electron chi connectivity index (χ2n) is 4.22. The lowest BCUT2D eigenvalue weighted by Gasteiger charge is -1.96. The Bertz CT molecular complexity index is 358. The van der Waals surface area contributed by atoms with Crippen LogP contribution < -0.4 is 0 Å². The highest BCUT2D eigenvalue weighted by molar-refractivity contribution is 5.15. The molecule has 1 saturated carbocycles. The maximum absolute atomic E-state index is 8.45. The summed E-state index contributed by atoms with van der Waals surface area (Å²) in [5.74, 6) is 2.03. The molecule has 68 valence electrons. The summed E-state index contributed by atoms with van der Waals surface area (Å²) in [5, 5.41) is 15.3. The average Bonchev–Trinajstić information content (AvgIpc) is 2.52. The summed E-state index contributed by atoms with van der Waals surface area (Å²) in [6.07, 6.45) is 1.47. The van der Waals surface area contributed by atoms with Gasteiger partial charge in [0.05, 0.1) is 12.5 Å². The van der Waals surface area contributed by atoms with E-state index in [0.29, 0.717) is 23.6 Å². The van der Waals surface area contributed by atoms with Gasteiger partial charge in [-0.25, -0.2) is 4.98 Å². The van der Waals surface area contributed by atoms with Crippen LogP contribution in [0.25, 0.3) is 0 Å². The molecule has 1 heterocycles. The lowest BCUT2D eigenvalue weighted by atomic mass is 10.1. The van der Waals surface area contributed by atoms with Crippen LogP contribution in [0.2, 0.25) is 0 Å². The Balaban J connectivity index is 2.12. The van der Waals surface area contributed by atoms with Crippen molar-refractivity contribution >= 4 is 0 Å². The number of hydrogen-bond donors (Lipinski definition) is 1. The van der Waals surface area contributed by atoms with Crippen LogP contribution in [0.4, 0.5) is 0 Å². The molecule has 0 radical (unpaired) electrons. The Hall–Kier alpha value is -1.37. The largest absolute Gasteiger partial charge is 0.262 e. The third-order valence-corrected chi connectivity index (χ3v) is 2.62. The van der Waals surface area contributed by atoms with E-state index in [1.807, 2.05) is 6.07 Å². The normalized spacial score (nSPS) is 23.9. The minimum Gasteiger partial charge on any atom is -0.262 e. The number of aromatic amines is 1. The standard InChI is InChI=1S/C9H12N4/c1-9(2)5-6(9)8-11-7(3-4-10)12-13-8/h6H,3,5H2,1-2H3,(H,11,12,13). The molecule has 1 N–H and O–H groups in total. The smallest absolute Gasteiger partial charge is 0.154 e. The first-order valence-electron chi connectivity index (χ1n) is 4.41. The lowest BCUT2D eigenvalue weighted by molar-refractivity contribution is 0.609. The van der Waals surface area contributed by atoms with Gasteiger partial charge in [-0.2, -0.15) is 10.4 Å². The van der Waals surface area contributed by atoms with Crippen LogP contribution in [0.15, 0.2) is 0 Å². The van der Waals surface area contributed by atoms with E-state index >= 15 is 0 Å². The van der Waals surface area contributed by atoms with Gasteiger partial charge in [-0.05, 0) is 11.8 Å². The third-order valence-electron chi connectivity index (χ3n) is 2.62. The highest BCUT2D eigenvalue weighted by Crippen LogP contribution is 2.57. The minimum atomic E-state index is 0.320. The second kappa shape index (κ2) is 2.56. The number of nitrogens with one attached hydrogen (secondary N) is 1. The van der Waals surface area contributed by atoms with Crippen LogP contribution in [0.3, 0.4) is 0 Å². The first kappa shape index (κ1) is 8.24. The molecule has 0 amide bonds. The molecule has 1 fully saturated rings. The highest BCUT2D eigenvalue weighted by Gasteiger charge is 2.49. The molecule has 1 aromatic heterocycles. The molecule has 13 heavy (non-hydrogen) atoms. The zero-order chi connectivity index (χ0) is 9.47. The van der Waals surface area contributed by atoms with E-state index in [4.69, 9.17) is 5.26 Å². The van der Waals surface area contributed by atoms with Crippen molar-refractivity contribution in [3.63, 3.8) is 0 Å². The van der Waals surface area contributed by atoms with Gasteiger partial charge < -0.3 is 0 Å². The first-order valence-corrected chi connectivity index (χ1v) is 4.41. The van der Waals surface area contributed by atoms with Crippen LogP contribution >= 0.6 is 0 Å². The second-order valence-corrected chi connectivity index (χ2v) is 4.22. The van der Waals surface area contributed by atoms with Gasteiger partial charge in [0.25, 0.3) is 0 Å². The summed E-state index contributed by atoms with van der Waals surface area (Å²) >= 11 is 0. The van der Waals surface area contributed by atoms with Crippen molar-refractivity contribution in [3.8, 4) is 6.07 Å². The van der Waals surface area contributed by atoms with Crippen molar-refractivity contribution in [2.24, 2.45) is 5.41 Å². The number of nitriles is 1. The van der Waals surface area contributed by atoms with E-state index in [1.165, 1.54) is 0 Å². The summed E-state index contributed by atoms with van der Waals surface area (Å²) in [6, 6.07) is 2.04. The van der Waals surface area contributed by atoms with Crippen LogP contribution in [0, 0.1) is 16.7 Å². The maximum Gasteiger partial charge on any atom is 0.154 e. The van der Waals surface area contributed by atoms with Gasteiger partial charge in [-0.3, -0.25) is 5.10 Å². The fourth-order valence-electron chi connectivity index (χ4n) is 1.53. The Morgan fingerprint density at radius 2 is 2.38 bits per heavy atom. The summed E-state index contributed by atoms with van der Waals surface area (Å²) in [6.45, 7) is 4.41. The van der Waals surface area contributed by atoms with Crippen molar-refractivity contribution in [2.75, 3.05) is 0 Å². The fraction of sp³-hybridized carbons (Fsp3) is 0.667. The van der Waals surface area contributed by atoms with Gasteiger partial charge in [0, 0.05) is 5.92 Å². The monoisotopic (exact) mass is 176 g/mol. The van der Waals surface area contributed by atoms with Crippen molar-refractivity contribution < 1.29 is 0 Å². The summed E-state index contributed by atoms with van der Waals surface area (Å²) in [7, 11) is 0. The molecule has 0 spiro atoms. The number of hydrogen-bond acceptors (Lipinski definition) is 3. The predicted molar refractivity (Wildman–Crippen MR) is 46.8 cm³/mol. The number of rotatable bonds is 2. The Labute approximate surface area is 77.0 Å². The molecule has 4 nitrogen and oxygen atoms in total. The van der Waals surface area contributed by atoms with Crippen molar-refractivity contribution in [2.45, 2.75) is 32.6 Å². The Kier molecular flexibility index (Phi) is 1.62. The van der Waals surface area contributed by atoms with E-state index in [1.54, 1.807) is 0 Å². The average molecular weight is 176 g/mol. The lowest BCUT2D eigenvalue weighted by Crippen LogP contribution is -1.92. The molecule has 1 aliphatic carbocycles. The summed E-state index contributed by atoms with van der Waals surface area (Å²) in [5.41, 5.74) is 0.353. The van der Waals surface area contributed by atoms with Crippen LogP contribution in [-0.2, 0) is 6.42 Å². The van der Waals surface area contributed by atoms with Gasteiger partial charge >= 0.3 is 0 Å². The molecule has 1 atom stereocenters. The predicted octanol–water partition coefficient (Wildman–Crippen LogP) is 1.38. The van der Waals surface area contributed by atoms with E-state index < -0.39 is 0 Å². The molecule has 1 unspecified atom stereocenters. The van der Waals surface area contributed by atoms with Gasteiger partial charge in [-0.1, -0.05) is 13.8 Å². The van der Waals surface area contributed by atoms with Crippen LogP contribution in [0.1, 0.15) is 37.8 Å². The van der Waals surface area contributed by atoms with Crippen LogP contribution in [-0.4, -0.2) is 15.2 Å². The van der Waals surface area contributed by atoms with E-state index in [2.05, 4.69) is 29.0 Å². The molecule has 0 aliphatic heterocycles. The third kappa shape index (κ3) is 1.42. The molecule has 0 aromatic carbocycles. The van der Waals surface area contributed by atoms with Gasteiger partial charge in [-0.15, -0.1) is 0 Å². The fourth-order valence-corrected chi connectivity index (χ4v) is 1.53. The Morgan fingerprint density at radius 3 is 2.92 bits per heavy atom. The molecule has 0 bridgehead atoms. The van der Waals surface area contributed by atoms with Gasteiger partial charge in [0.2, 0.25) is 0 Å². The van der Waals surface area contributed by atoms with Gasteiger partial charge in [0.15, 0.2) is 5.82 Å². The van der Waals surface area contributed by atoms with Crippen molar-refractivity contribution in [1.82, 2.24) is 15.2 Å². The number of aromatic nitrogens is 3. The van der Waals surface area contributed by atoms with Crippen molar-refractivity contribution in [3.05, 3.63) is 11.6 Å². The molecule has 2 rings (SSSR count). The molecular weight excluding hydrogens is 164 g/mol. The molecule has 4 heteroatoms. The maximum atomic E-state index is 8.45. The number of nitrogens with zero attached hydrogens (tertiary/aromatic N) is 3.